The van der Waals surface area contributed by atoms with E-state index in [0.29, 0.717) is 6.04 Å². The minimum Gasteiger partial charge on any atom is -0.370 e. The van der Waals surface area contributed by atoms with Crippen molar-refractivity contribution in [1.82, 2.24) is 9.80 Å². The van der Waals surface area contributed by atoms with Gasteiger partial charge < -0.3 is 15.5 Å². The highest BCUT2D eigenvalue weighted by molar-refractivity contribution is 5.80. The van der Waals surface area contributed by atoms with Crippen LogP contribution in [0.3, 0.4) is 0 Å². The number of nitrogens with two attached hydrogens (primary N) is 1. The number of rotatable bonds is 6. The molecule has 1 aliphatic heterocycles. The van der Waals surface area contributed by atoms with Gasteiger partial charge in [0, 0.05) is 13.1 Å². The predicted octanol–water partition coefficient (Wildman–Crippen LogP) is 2.30. The van der Waals surface area contributed by atoms with Crippen LogP contribution in [0.1, 0.15) is 52.4 Å². The Labute approximate surface area is 124 Å². The molecule has 2 rings (SSSR count). The summed E-state index contributed by atoms with van der Waals surface area (Å²) in [5, 5.41) is 0. The molecule has 116 valence electrons. The fourth-order valence-corrected chi connectivity index (χ4v) is 3.71. The van der Waals surface area contributed by atoms with Crippen molar-refractivity contribution < 1.29 is 0 Å². The van der Waals surface area contributed by atoms with Gasteiger partial charge in [-0.2, -0.15) is 0 Å². The molecule has 1 unspecified atom stereocenters. The third-order valence-corrected chi connectivity index (χ3v) is 5.13. The zero-order chi connectivity index (χ0) is 14.4. The van der Waals surface area contributed by atoms with E-state index in [4.69, 9.17) is 5.73 Å². The molecule has 0 aromatic heterocycles. The van der Waals surface area contributed by atoms with E-state index in [9.17, 15) is 0 Å². The van der Waals surface area contributed by atoms with Crippen molar-refractivity contribution in [3.8, 4) is 0 Å². The summed E-state index contributed by atoms with van der Waals surface area (Å²) in [6.07, 6.45) is 8.36. The minimum atomic E-state index is 0.573. The molecule has 0 radical (unpaired) electrons. The standard InChI is InChI=1S/C16H32N4/c1-3-19(4-2)11-12-20-15(13-18-16(20)17)14-9-7-5-6-8-10-14/h14-15H,3-13H2,1-2H3,(H2,17,18). The van der Waals surface area contributed by atoms with Crippen molar-refractivity contribution in [3.63, 3.8) is 0 Å². The van der Waals surface area contributed by atoms with Crippen molar-refractivity contribution in [1.29, 1.82) is 0 Å². The van der Waals surface area contributed by atoms with Gasteiger partial charge in [0.2, 0.25) is 0 Å². The van der Waals surface area contributed by atoms with E-state index in [-0.39, 0.29) is 0 Å². The highest BCUT2D eigenvalue weighted by Crippen LogP contribution is 2.30. The van der Waals surface area contributed by atoms with E-state index in [0.717, 1.165) is 44.6 Å². The van der Waals surface area contributed by atoms with E-state index in [1.807, 2.05) is 0 Å². The molecule has 0 spiro atoms. The number of guanidine groups is 1. The molecule has 0 bridgehead atoms. The van der Waals surface area contributed by atoms with E-state index >= 15 is 0 Å². The van der Waals surface area contributed by atoms with E-state index in [1.54, 1.807) is 0 Å². The van der Waals surface area contributed by atoms with Gasteiger partial charge in [-0.3, -0.25) is 4.99 Å². The average molecular weight is 280 g/mol. The highest BCUT2D eigenvalue weighted by atomic mass is 15.3. The van der Waals surface area contributed by atoms with Crippen LogP contribution in [0.4, 0.5) is 0 Å². The molecule has 1 fully saturated rings. The number of aliphatic imine (C=N–C) groups is 1. The Morgan fingerprint density at radius 1 is 1.15 bits per heavy atom. The first kappa shape index (κ1) is 15.6. The van der Waals surface area contributed by atoms with Crippen molar-refractivity contribution in [2.75, 3.05) is 32.7 Å². The number of hydrogen-bond acceptors (Lipinski definition) is 4. The Hall–Kier alpha value is -0.770. The first-order valence-corrected chi connectivity index (χ1v) is 8.55. The van der Waals surface area contributed by atoms with Gasteiger partial charge in [0.05, 0.1) is 12.6 Å². The third kappa shape index (κ3) is 3.87. The van der Waals surface area contributed by atoms with Crippen LogP contribution < -0.4 is 5.73 Å². The van der Waals surface area contributed by atoms with E-state index in [2.05, 4.69) is 28.6 Å². The summed E-state index contributed by atoms with van der Waals surface area (Å²) in [6.45, 7) is 9.77. The van der Waals surface area contributed by atoms with Gasteiger partial charge >= 0.3 is 0 Å². The second-order valence-corrected chi connectivity index (χ2v) is 6.24. The molecule has 2 N–H and O–H groups in total. The van der Waals surface area contributed by atoms with Crippen LogP contribution in [0.5, 0.6) is 0 Å². The second kappa shape index (κ2) is 7.87. The van der Waals surface area contributed by atoms with Crippen LogP contribution in [0, 0.1) is 5.92 Å². The van der Waals surface area contributed by atoms with Crippen molar-refractivity contribution in [2.45, 2.75) is 58.4 Å². The highest BCUT2D eigenvalue weighted by Gasteiger charge is 2.32. The van der Waals surface area contributed by atoms with Crippen LogP contribution in [-0.4, -0.2) is 54.5 Å². The Kier molecular flexibility index (Phi) is 6.14. The monoisotopic (exact) mass is 280 g/mol. The Morgan fingerprint density at radius 3 is 2.40 bits per heavy atom. The summed E-state index contributed by atoms with van der Waals surface area (Å²) in [5.74, 6) is 1.59. The number of likely N-dealkylation sites (N-methyl/N-ethyl adjacent to an activating group) is 1. The van der Waals surface area contributed by atoms with Gasteiger partial charge in [0.25, 0.3) is 0 Å². The Bertz CT molecular complexity index is 304. The normalized spacial score (nSPS) is 25.1. The molecule has 1 heterocycles. The Balaban J connectivity index is 1.91. The molecular formula is C16H32N4. The van der Waals surface area contributed by atoms with Crippen molar-refractivity contribution in [3.05, 3.63) is 0 Å². The molecule has 4 heteroatoms. The SMILES string of the molecule is CCN(CC)CCN1C(N)=NCC1C1CCCCCC1. The molecule has 2 aliphatic rings. The molecule has 4 nitrogen and oxygen atoms in total. The fraction of sp³-hybridized carbons (Fsp3) is 0.938. The quantitative estimate of drug-likeness (QED) is 0.759. The zero-order valence-electron chi connectivity index (χ0n) is 13.4. The first-order chi connectivity index (χ1) is 9.76. The summed E-state index contributed by atoms with van der Waals surface area (Å²) in [5.41, 5.74) is 6.14. The molecular weight excluding hydrogens is 248 g/mol. The van der Waals surface area contributed by atoms with Gasteiger partial charge in [-0.25, -0.2) is 0 Å². The first-order valence-electron chi connectivity index (χ1n) is 8.55. The van der Waals surface area contributed by atoms with Gasteiger partial charge in [0.15, 0.2) is 5.96 Å². The molecule has 0 saturated heterocycles. The molecule has 0 amide bonds. The Morgan fingerprint density at radius 2 is 1.80 bits per heavy atom. The van der Waals surface area contributed by atoms with Gasteiger partial charge in [-0.15, -0.1) is 0 Å². The third-order valence-electron chi connectivity index (χ3n) is 5.13. The largest absolute Gasteiger partial charge is 0.370 e. The van der Waals surface area contributed by atoms with Crippen molar-refractivity contribution >= 4 is 5.96 Å². The summed E-state index contributed by atoms with van der Waals surface area (Å²) in [6, 6.07) is 0.573. The van der Waals surface area contributed by atoms with Crippen molar-refractivity contribution in [2.24, 2.45) is 16.6 Å². The predicted molar refractivity (Wildman–Crippen MR) is 86.0 cm³/mol. The lowest BCUT2D eigenvalue weighted by atomic mass is 9.91. The van der Waals surface area contributed by atoms with E-state index in [1.165, 1.54) is 38.5 Å². The average Bonchev–Trinajstić information content (AvgIpc) is 2.69. The van der Waals surface area contributed by atoms with Crippen LogP contribution >= 0.6 is 0 Å². The maximum atomic E-state index is 6.14. The second-order valence-electron chi connectivity index (χ2n) is 6.24. The van der Waals surface area contributed by atoms with Gasteiger partial charge in [-0.05, 0) is 31.8 Å². The maximum Gasteiger partial charge on any atom is 0.191 e. The molecule has 1 saturated carbocycles. The molecule has 0 aromatic rings. The van der Waals surface area contributed by atoms with Gasteiger partial charge in [0.1, 0.15) is 0 Å². The summed E-state index contributed by atoms with van der Waals surface area (Å²) >= 11 is 0. The summed E-state index contributed by atoms with van der Waals surface area (Å²) < 4.78 is 0. The molecule has 0 aromatic carbocycles. The lowest BCUT2D eigenvalue weighted by Gasteiger charge is -2.33. The topological polar surface area (TPSA) is 44.9 Å². The summed E-state index contributed by atoms with van der Waals surface area (Å²) in [4.78, 5) is 9.40. The fourth-order valence-electron chi connectivity index (χ4n) is 3.71. The van der Waals surface area contributed by atoms with Crippen LogP contribution in [0.15, 0.2) is 4.99 Å². The summed E-state index contributed by atoms with van der Waals surface area (Å²) in [7, 11) is 0. The van der Waals surface area contributed by atoms with E-state index < -0.39 is 0 Å². The number of hydrogen-bond donors (Lipinski definition) is 1. The van der Waals surface area contributed by atoms with Crippen LogP contribution in [0.25, 0.3) is 0 Å². The zero-order valence-corrected chi connectivity index (χ0v) is 13.4. The van der Waals surface area contributed by atoms with Crippen LogP contribution in [-0.2, 0) is 0 Å². The maximum absolute atomic E-state index is 6.14. The van der Waals surface area contributed by atoms with Gasteiger partial charge in [-0.1, -0.05) is 39.5 Å². The molecule has 1 aliphatic carbocycles. The molecule has 20 heavy (non-hydrogen) atoms. The lowest BCUT2D eigenvalue weighted by molar-refractivity contribution is 0.199. The minimum absolute atomic E-state index is 0.573. The number of nitrogens with zero attached hydrogens (tertiary/aromatic N) is 3. The lowest BCUT2D eigenvalue weighted by Crippen LogP contribution is -2.47. The smallest absolute Gasteiger partial charge is 0.191 e. The van der Waals surface area contributed by atoms with Crippen LogP contribution in [0.2, 0.25) is 0 Å². The molecule has 1 atom stereocenters.